The fourth-order valence-corrected chi connectivity index (χ4v) is 3.45. The Morgan fingerprint density at radius 2 is 1.68 bits per heavy atom. The second-order valence-corrected chi connectivity index (χ2v) is 9.06. The number of rotatable bonds is 11. The van der Waals surface area contributed by atoms with E-state index in [1.807, 2.05) is 19.1 Å². The van der Waals surface area contributed by atoms with Crippen LogP contribution in [0.4, 0.5) is 0 Å². The topological polar surface area (TPSA) is 106 Å². The first kappa shape index (κ1) is 27.6. The number of unbranched alkanes of at least 4 members (excludes halogenated alkanes) is 1. The van der Waals surface area contributed by atoms with Crippen molar-refractivity contribution in [2.24, 2.45) is 5.10 Å². The van der Waals surface area contributed by atoms with Crippen LogP contribution in [-0.4, -0.2) is 37.1 Å². The van der Waals surface area contributed by atoms with Gasteiger partial charge in [0.25, 0.3) is 11.8 Å². The zero-order chi connectivity index (χ0) is 26.6. The minimum Gasteiger partial charge on any atom is -0.494 e. The molecule has 0 fully saturated rings. The van der Waals surface area contributed by atoms with Gasteiger partial charge in [-0.3, -0.25) is 9.59 Å². The van der Waals surface area contributed by atoms with E-state index in [1.165, 1.54) is 6.21 Å². The van der Waals surface area contributed by atoms with E-state index >= 15 is 0 Å². The van der Waals surface area contributed by atoms with Gasteiger partial charge in [-0.1, -0.05) is 47.0 Å². The van der Waals surface area contributed by atoms with Gasteiger partial charge in [0.2, 0.25) is 0 Å². The van der Waals surface area contributed by atoms with E-state index in [2.05, 4.69) is 38.7 Å². The molecule has 0 saturated heterocycles. The average Bonchev–Trinajstić information content (AvgIpc) is 2.89. The lowest BCUT2D eigenvalue weighted by Crippen LogP contribution is -2.34. The molecule has 3 aromatic rings. The minimum absolute atomic E-state index is 0.265. The monoisotopic (exact) mass is 565 g/mol. The quantitative estimate of drug-likeness (QED) is 0.111. The summed E-state index contributed by atoms with van der Waals surface area (Å²) in [6.45, 7) is 4.37. The van der Waals surface area contributed by atoms with Crippen molar-refractivity contribution in [1.29, 1.82) is 0 Å². The molecule has 3 rings (SSSR count). The highest BCUT2D eigenvalue weighted by Gasteiger charge is 2.12. The van der Waals surface area contributed by atoms with Gasteiger partial charge in [0.15, 0.2) is 0 Å². The van der Waals surface area contributed by atoms with Gasteiger partial charge in [-0.15, -0.1) is 0 Å². The van der Waals surface area contributed by atoms with Crippen molar-refractivity contribution in [2.45, 2.75) is 26.7 Å². The molecule has 37 heavy (non-hydrogen) atoms. The third kappa shape index (κ3) is 8.88. The maximum absolute atomic E-state index is 12.5. The maximum Gasteiger partial charge on any atom is 0.343 e. The van der Waals surface area contributed by atoms with Crippen LogP contribution in [0.25, 0.3) is 0 Å². The number of hydrazone groups is 1. The third-order valence-electron chi connectivity index (χ3n) is 5.15. The van der Waals surface area contributed by atoms with Gasteiger partial charge in [-0.2, -0.15) is 5.10 Å². The van der Waals surface area contributed by atoms with E-state index in [0.717, 1.165) is 22.9 Å². The summed E-state index contributed by atoms with van der Waals surface area (Å²) in [5.74, 6) is -0.450. The Morgan fingerprint density at radius 1 is 0.973 bits per heavy atom. The van der Waals surface area contributed by atoms with Crippen molar-refractivity contribution in [1.82, 2.24) is 10.7 Å². The lowest BCUT2D eigenvalue weighted by atomic mass is 10.1. The first-order valence-electron chi connectivity index (χ1n) is 11.8. The highest BCUT2D eigenvalue weighted by Crippen LogP contribution is 2.23. The van der Waals surface area contributed by atoms with E-state index in [-0.39, 0.29) is 12.3 Å². The molecule has 9 heteroatoms. The summed E-state index contributed by atoms with van der Waals surface area (Å²) in [6.07, 6.45) is 3.36. The molecule has 0 unspecified atom stereocenters. The number of carbonyl (C=O) groups excluding carboxylic acids is 3. The number of amides is 2. The summed E-state index contributed by atoms with van der Waals surface area (Å²) in [4.78, 5) is 37.0. The number of esters is 1. The largest absolute Gasteiger partial charge is 0.494 e. The van der Waals surface area contributed by atoms with Crippen LogP contribution in [0.3, 0.4) is 0 Å². The molecule has 2 N–H and O–H groups in total. The maximum atomic E-state index is 12.5. The lowest BCUT2D eigenvalue weighted by molar-refractivity contribution is -0.120. The van der Waals surface area contributed by atoms with Crippen LogP contribution in [0.15, 0.2) is 76.3 Å². The number of carbonyl (C=O) groups is 3. The van der Waals surface area contributed by atoms with Crippen LogP contribution >= 0.6 is 15.9 Å². The van der Waals surface area contributed by atoms with Crippen molar-refractivity contribution in [2.75, 3.05) is 13.2 Å². The third-order valence-corrected chi connectivity index (χ3v) is 5.64. The molecule has 0 aliphatic rings. The summed E-state index contributed by atoms with van der Waals surface area (Å²) in [7, 11) is 0. The fraction of sp³-hybridized carbons (Fsp3) is 0.214. The van der Waals surface area contributed by atoms with E-state index in [4.69, 9.17) is 9.47 Å². The molecular formula is C28H28BrN3O5. The Bertz CT molecular complexity index is 1260. The van der Waals surface area contributed by atoms with Gasteiger partial charge in [0.05, 0.1) is 24.9 Å². The smallest absolute Gasteiger partial charge is 0.343 e. The second-order valence-electron chi connectivity index (χ2n) is 8.14. The van der Waals surface area contributed by atoms with Gasteiger partial charge in [0, 0.05) is 15.6 Å². The molecule has 0 heterocycles. The number of halogens is 1. The van der Waals surface area contributed by atoms with Gasteiger partial charge in [-0.25, -0.2) is 10.2 Å². The number of aryl methyl sites for hydroxylation is 1. The predicted octanol–water partition coefficient (Wildman–Crippen LogP) is 5.04. The minimum atomic E-state index is -0.516. The number of ether oxygens (including phenoxy) is 2. The molecule has 2 amide bonds. The van der Waals surface area contributed by atoms with Gasteiger partial charge < -0.3 is 14.8 Å². The van der Waals surface area contributed by atoms with Gasteiger partial charge in [-0.05, 0) is 67.9 Å². The number of hydrogen-bond donors (Lipinski definition) is 2. The van der Waals surface area contributed by atoms with Crippen LogP contribution in [-0.2, 0) is 4.79 Å². The lowest BCUT2D eigenvalue weighted by Gasteiger charge is -2.09. The SMILES string of the molecule is CCCCOc1ccc(C(=O)NCC(=O)N/N=C\c2cc(Br)ccc2OC(=O)c2ccc(C)cc2)cc1. The molecule has 0 aliphatic heterocycles. The van der Waals surface area contributed by atoms with Crippen LogP contribution < -0.4 is 20.2 Å². The molecule has 3 aromatic carbocycles. The van der Waals surface area contributed by atoms with E-state index in [1.54, 1.807) is 54.6 Å². The molecule has 0 atom stereocenters. The molecule has 0 bridgehead atoms. The first-order chi connectivity index (χ1) is 17.9. The molecule has 0 saturated carbocycles. The Morgan fingerprint density at radius 3 is 2.38 bits per heavy atom. The Kier molecular flexibility index (Phi) is 10.4. The normalized spacial score (nSPS) is 10.7. The Hall–Kier alpha value is -3.98. The van der Waals surface area contributed by atoms with Gasteiger partial charge in [0.1, 0.15) is 11.5 Å². The summed E-state index contributed by atoms with van der Waals surface area (Å²) in [5.41, 5.74) is 4.69. The summed E-state index contributed by atoms with van der Waals surface area (Å²) >= 11 is 3.37. The number of benzene rings is 3. The standard InChI is InChI=1S/C28H28BrN3O5/c1-3-4-15-36-24-12-9-20(10-13-24)27(34)30-18-26(33)32-31-17-22-16-23(29)11-14-25(22)37-28(35)21-7-5-19(2)6-8-21/h5-14,16-17H,3-4,15,18H2,1-2H3,(H,30,34)(H,32,33)/b31-17-. The molecule has 8 nitrogen and oxygen atoms in total. The van der Waals surface area contributed by atoms with Crippen LogP contribution in [0.1, 0.15) is 51.6 Å². The number of hydrogen-bond acceptors (Lipinski definition) is 6. The number of nitrogens with zero attached hydrogens (tertiary/aromatic N) is 1. The highest BCUT2D eigenvalue weighted by molar-refractivity contribution is 9.10. The summed E-state index contributed by atoms with van der Waals surface area (Å²) in [5, 5.41) is 6.47. The molecule has 0 aromatic heterocycles. The van der Waals surface area contributed by atoms with Crippen LogP contribution in [0.5, 0.6) is 11.5 Å². The van der Waals surface area contributed by atoms with Crippen molar-refractivity contribution in [3.63, 3.8) is 0 Å². The zero-order valence-corrected chi connectivity index (χ0v) is 22.2. The van der Waals surface area contributed by atoms with E-state index < -0.39 is 17.8 Å². The predicted molar refractivity (Wildman–Crippen MR) is 145 cm³/mol. The van der Waals surface area contributed by atoms with Gasteiger partial charge >= 0.3 is 5.97 Å². The zero-order valence-electron chi connectivity index (χ0n) is 20.6. The number of nitrogens with one attached hydrogen (secondary N) is 2. The van der Waals surface area contributed by atoms with Crippen molar-refractivity contribution in [3.05, 3.63) is 93.5 Å². The highest BCUT2D eigenvalue weighted by atomic mass is 79.9. The summed E-state index contributed by atoms with van der Waals surface area (Å²) < 4.78 is 11.8. The average molecular weight is 566 g/mol. The fourth-order valence-electron chi connectivity index (χ4n) is 3.07. The van der Waals surface area contributed by atoms with E-state index in [9.17, 15) is 14.4 Å². The van der Waals surface area contributed by atoms with Crippen LogP contribution in [0.2, 0.25) is 0 Å². The molecule has 0 aliphatic carbocycles. The van der Waals surface area contributed by atoms with Crippen molar-refractivity contribution >= 4 is 39.9 Å². The van der Waals surface area contributed by atoms with Crippen molar-refractivity contribution < 1.29 is 23.9 Å². The summed E-state index contributed by atoms with van der Waals surface area (Å²) in [6, 6.07) is 18.8. The molecular weight excluding hydrogens is 538 g/mol. The molecule has 0 spiro atoms. The second kappa shape index (κ2) is 13.9. The molecule has 192 valence electrons. The Labute approximate surface area is 224 Å². The first-order valence-corrected chi connectivity index (χ1v) is 12.6. The molecule has 0 radical (unpaired) electrons. The van der Waals surface area contributed by atoms with Crippen LogP contribution in [0, 0.1) is 6.92 Å². The Balaban J connectivity index is 1.52. The van der Waals surface area contributed by atoms with Crippen molar-refractivity contribution in [3.8, 4) is 11.5 Å². The van der Waals surface area contributed by atoms with E-state index in [0.29, 0.717) is 29.0 Å².